The fourth-order valence-electron chi connectivity index (χ4n) is 0. The minimum Gasteiger partial charge on any atom is -0.516 e. The molecule has 4 N–H and O–H groups in total. The SMILES string of the molecule is C=CO.COO.COO.COO.[Ti]. The van der Waals surface area contributed by atoms with Gasteiger partial charge >= 0.3 is 0 Å². The van der Waals surface area contributed by atoms with Crippen molar-refractivity contribution in [3.63, 3.8) is 0 Å². The van der Waals surface area contributed by atoms with Crippen molar-refractivity contribution in [2.75, 3.05) is 21.3 Å². The van der Waals surface area contributed by atoms with Crippen LogP contribution in [0, 0.1) is 0 Å². The van der Waals surface area contributed by atoms with E-state index in [1.54, 1.807) is 0 Å². The van der Waals surface area contributed by atoms with E-state index in [1.165, 1.54) is 21.3 Å². The molecular formula is C5H16O7Ti. The molecular weight excluding hydrogens is 220 g/mol. The van der Waals surface area contributed by atoms with Crippen molar-refractivity contribution in [1.82, 2.24) is 0 Å². The zero-order chi connectivity index (χ0) is 10.8. The van der Waals surface area contributed by atoms with Gasteiger partial charge in [0.2, 0.25) is 0 Å². The first-order valence-corrected chi connectivity index (χ1v) is 2.44. The molecule has 0 atom stereocenters. The van der Waals surface area contributed by atoms with Gasteiger partial charge < -0.3 is 5.11 Å². The van der Waals surface area contributed by atoms with E-state index in [0.717, 1.165) is 6.26 Å². The molecule has 0 spiro atoms. The first kappa shape index (κ1) is 29.2. The maximum Gasteiger partial charge on any atom is 0.0719 e. The molecule has 0 aromatic heterocycles. The summed E-state index contributed by atoms with van der Waals surface area (Å²) in [5.74, 6) is 0. The number of hydrogen-bond acceptors (Lipinski definition) is 7. The predicted octanol–water partition coefficient (Wildman–Crippen LogP) is 1.00. The van der Waals surface area contributed by atoms with Crippen molar-refractivity contribution in [3.05, 3.63) is 12.8 Å². The molecule has 0 saturated heterocycles. The van der Waals surface area contributed by atoms with Crippen LogP contribution in [-0.4, -0.2) is 42.2 Å². The maximum atomic E-state index is 7.33. The van der Waals surface area contributed by atoms with Crippen LogP contribution in [0.1, 0.15) is 0 Å². The van der Waals surface area contributed by atoms with Crippen molar-refractivity contribution in [3.8, 4) is 0 Å². The standard InChI is InChI=1S/C2H4O.3CH4O2.Ti/c1-2-3;3*1-3-2;/h2-3H,1H2;3*2H,1H3;. The minimum atomic E-state index is 0. The number of aliphatic hydroxyl groups excluding tert-OH is 1. The summed E-state index contributed by atoms with van der Waals surface area (Å²) in [6.45, 7) is 2.92. The van der Waals surface area contributed by atoms with Gasteiger partial charge in [-0.25, -0.2) is 14.7 Å². The Morgan fingerprint density at radius 1 is 0.923 bits per heavy atom. The summed E-state index contributed by atoms with van der Waals surface area (Å²) < 4.78 is 0. The third kappa shape index (κ3) is 5900000. The summed E-state index contributed by atoms with van der Waals surface area (Å²) >= 11 is 0. The van der Waals surface area contributed by atoms with E-state index < -0.39 is 0 Å². The Kier molecular flexibility index (Phi) is 203. The monoisotopic (exact) mass is 236 g/mol. The molecule has 0 radical (unpaired) electrons. The molecule has 0 aromatic carbocycles. The predicted molar refractivity (Wildman–Crippen MR) is 41.7 cm³/mol. The van der Waals surface area contributed by atoms with Crippen molar-refractivity contribution in [2.45, 2.75) is 0 Å². The van der Waals surface area contributed by atoms with Crippen LogP contribution >= 0.6 is 0 Å². The first-order valence-electron chi connectivity index (χ1n) is 2.44. The van der Waals surface area contributed by atoms with Crippen LogP contribution in [0.4, 0.5) is 0 Å². The molecule has 0 unspecified atom stereocenters. The van der Waals surface area contributed by atoms with Crippen molar-refractivity contribution < 1.29 is 57.3 Å². The van der Waals surface area contributed by atoms with Gasteiger partial charge in [0, 0.05) is 21.7 Å². The summed E-state index contributed by atoms with van der Waals surface area (Å²) in [6.07, 6.45) is 0.750. The van der Waals surface area contributed by atoms with Crippen molar-refractivity contribution in [2.24, 2.45) is 0 Å². The smallest absolute Gasteiger partial charge is 0.0719 e. The Morgan fingerprint density at radius 3 is 0.923 bits per heavy atom. The molecule has 0 aliphatic rings. The van der Waals surface area contributed by atoms with E-state index >= 15 is 0 Å². The molecule has 0 saturated carbocycles. The van der Waals surface area contributed by atoms with E-state index in [9.17, 15) is 0 Å². The molecule has 0 fully saturated rings. The van der Waals surface area contributed by atoms with Gasteiger partial charge in [0.1, 0.15) is 0 Å². The molecule has 0 heterocycles. The Labute approximate surface area is 91.8 Å². The molecule has 0 aromatic rings. The fraction of sp³-hybridized carbons (Fsp3) is 0.600. The van der Waals surface area contributed by atoms with Gasteiger partial charge in [0.15, 0.2) is 0 Å². The summed E-state index contributed by atoms with van der Waals surface area (Å²) in [7, 11) is 3.54. The van der Waals surface area contributed by atoms with Crippen LogP contribution in [0.3, 0.4) is 0 Å². The first-order chi connectivity index (χ1) is 5.66. The zero-order valence-corrected chi connectivity index (χ0v) is 9.36. The zero-order valence-electron chi connectivity index (χ0n) is 7.80. The Morgan fingerprint density at radius 2 is 0.923 bits per heavy atom. The minimum absolute atomic E-state index is 0. The van der Waals surface area contributed by atoms with E-state index in [2.05, 4.69) is 21.2 Å². The van der Waals surface area contributed by atoms with Gasteiger partial charge in [-0.05, 0) is 0 Å². The van der Waals surface area contributed by atoms with Crippen LogP contribution in [0.2, 0.25) is 0 Å². The number of rotatable bonds is 0. The van der Waals surface area contributed by atoms with Gasteiger partial charge in [0.05, 0.1) is 27.6 Å². The number of hydrogen-bond donors (Lipinski definition) is 4. The summed E-state index contributed by atoms with van der Waals surface area (Å²) in [5.41, 5.74) is 0. The third-order valence-corrected chi connectivity index (χ3v) is 0. The van der Waals surface area contributed by atoms with Gasteiger partial charge in [-0.15, -0.1) is 0 Å². The summed E-state index contributed by atoms with van der Waals surface area (Å²) in [6, 6.07) is 0. The van der Waals surface area contributed by atoms with E-state index in [0.29, 0.717) is 0 Å². The van der Waals surface area contributed by atoms with Crippen LogP contribution in [0.15, 0.2) is 12.8 Å². The van der Waals surface area contributed by atoms with E-state index in [4.69, 9.17) is 20.9 Å². The fourth-order valence-corrected chi connectivity index (χ4v) is 0. The average Bonchev–Trinajstić information content (AvgIpc) is 1.92. The van der Waals surface area contributed by atoms with Crippen LogP contribution in [0.5, 0.6) is 0 Å². The van der Waals surface area contributed by atoms with Crippen LogP contribution in [-0.2, 0) is 36.4 Å². The van der Waals surface area contributed by atoms with Gasteiger partial charge in [0.25, 0.3) is 0 Å². The van der Waals surface area contributed by atoms with Crippen molar-refractivity contribution in [1.29, 1.82) is 0 Å². The molecule has 0 aliphatic heterocycles. The average molecular weight is 236 g/mol. The van der Waals surface area contributed by atoms with Crippen molar-refractivity contribution >= 4 is 0 Å². The van der Waals surface area contributed by atoms with Crippen LogP contribution in [0.25, 0.3) is 0 Å². The molecule has 82 valence electrons. The van der Waals surface area contributed by atoms with Gasteiger partial charge in [-0.1, -0.05) is 6.58 Å². The van der Waals surface area contributed by atoms with Gasteiger partial charge in [-0.2, -0.15) is 0 Å². The van der Waals surface area contributed by atoms with Crippen LogP contribution < -0.4 is 0 Å². The molecule has 7 nitrogen and oxygen atoms in total. The second-order valence-electron chi connectivity index (χ2n) is 0.730. The Balaban J connectivity index is -0.0000000213. The summed E-state index contributed by atoms with van der Waals surface area (Å²) in [4.78, 5) is 9.75. The molecule has 8 heteroatoms. The largest absolute Gasteiger partial charge is 0.516 e. The Bertz CT molecular complexity index is 41.1. The maximum absolute atomic E-state index is 7.33. The normalized spacial score (nSPS) is 5.08. The van der Waals surface area contributed by atoms with E-state index in [1.807, 2.05) is 0 Å². The quantitative estimate of drug-likeness (QED) is 0.215. The number of aliphatic hydroxyl groups is 1. The molecule has 0 rings (SSSR count). The second kappa shape index (κ2) is 90.4. The Hall–Kier alpha value is 0.0143. The third-order valence-electron chi connectivity index (χ3n) is 0. The molecule has 0 bridgehead atoms. The molecule has 13 heavy (non-hydrogen) atoms. The summed E-state index contributed by atoms with van der Waals surface area (Å²) in [5, 5.41) is 28.5. The van der Waals surface area contributed by atoms with E-state index in [-0.39, 0.29) is 21.7 Å². The van der Waals surface area contributed by atoms with Gasteiger partial charge in [-0.3, -0.25) is 15.8 Å². The topological polar surface area (TPSA) is 109 Å². The second-order valence-corrected chi connectivity index (χ2v) is 0.730. The molecule has 0 amide bonds. The molecule has 0 aliphatic carbocycles.